The standard InChI is InChI=1S/C6H10N4.HNO3/c1-4-6(8-3-7)5(2)10-9-4;2-1(3)4/h3H,1-2H3,(H2,7,8)(H,9,10);(H,2,3,4). The summed E-state index contributed by atoms with van der Waals surface area (Å²) < 4.78 is 0. The number of aromatic amines is 1. The van der Waals surface area contributed by atoms with Crippen LogP contribution in [0.15, 0.2) is 0 Å². The van der Waals surface area contributed by atoms with Gasteiger partial charge in [0.25, 0.3) is 5.09 Å². The smallest absolute Gasteiger partial charge is 0.291 e. The molecule has 0 saturated carbocycles. The molecule has 1 rings (SSSR count). The van der Waals surface area contributed by atoms with E-state index in [9.17, 15) is 0 Å². The van der Waals surface area contributed by atoms with Gasteiger partial charge in [0.15, 0.2) is 0 Å². The number of hydrogen-bond donors (Lipinski definition) is 4. The number of anilines is 1. The minimum atomic E-state index is -1.50. The van der Waals surface area contributed by atoms with Crippen LogP contribution in [-0.2, 0) is 0 Å². The zero-order chi connectivity index (χ0) is 11.1. The summed E-state index contributed by atoms with van der Waals surface area (Å²) in [4.78, 5) is 8.36. The average molecular weight is 201 g/mol. The van der Waals surface area contributed by atoms with Crippen molar-refractivity contribution in [3.8, 4) is 0 Å². The number of aromatic nitrogens is 2. The molecule has 0 atom stereocenters. The molecule has 78 valence electrons. The maximum Gasteiger partial charge on any atom is 0.291 e. The lowest BCUT2D eigenvalue weighted by Gasteiger charge is -1.95. The molecule has 0 bridgehead atoms. The maximum atomic E-state index is 8.36. The number of aryl methyl sites for hydroxylation is 2. The lowest BCUT2D eigenvalue weighted by atomic mass is 10.3. The molecule has 0 unspecified atom stereocenters. The van der Waals surface area contributed by atoms with E-state index in [1.54, 1.807) is 0 Å². The predicted octanol–water partition coefficient (Wildman–Crippen LogP) is 0.698. The van der Waals surface area contributed by atoms with Gasteiger partial charge >= 0.3 is 0 Å². The fraction of sp³-hybridized carbons (Fsp3) is 0.333. The monoisotopic (exact) mass is 201 g/mol. The van der Waals surface area contributed by atoms with Gasteiger partial charge in [-0.15, -0.1) is 10.1 Å². The SMILES string of the molecule is Cc1n[nH]c(C)c1NC=N.O=[N+]([O-])O. The van der Waals surface area contributed by atoms with Crippen LogP contribution in [0.3, 0.4) is 0 Å². The summed E-state index contributed by atoms with van der Waals surface area (Å²) >= 11 is 0. The molecular weight excluding hydrogens is 190 g/mol. The van der Waals surface area contributed by atoms with E-state index in [1.165, 1.54) is 0 Å². The first-order chi connectivity index (χ1) is 6.49. The van der Waals surface area contributed by atoms with Gasteiger partial charge in [0.1, 0.15) is 0 Å². The fourth-order valence-electron chi connectivity index (χ4n) is 0.836. The normalized spacial score (nSPS) is 8.43. The Kier molecular flexibility index (Phi) is 4.68. The molecule has 0 saturated heterocycles. The largest absolute Gasteiger partial charge is 0.344 e. The van der Waals surface area contributed by atoms with Gasteiger partial charge in [-0.25, -0.2) is 0 Å². The number of rotatable bonds is 2. The van der Waals surface area contributed by atoms with Crippen LogP contribution in [0.2, 0.25) is 0 Å². The van der Waals surface area contributed by atoms with Crippen LogP contribution in [-0.4, -0.2) is 26.8 Å². The van der Waals surface area contributed by atoms with Crippen molar-refractivity contribution in [2.24, 2.45) is 0 Å². The highest BCUT2D eigenvalue weighted by Gasteiger charge is 2.02. The third kappa shape index (κ3) is 4.04. The zero-order valence-electron chi connectivity index (χ0n) is 7.74. The Morgan fingerprint density at radius 1 is 1.71 bits per heavy atom. The Morgan fingerprint density at radius 2 is 2.21 bits per heavy atom. The molecule has 1 aromatic rings. The predicted molar refractivity (Wildman–Crippen MR) is 49.2 cm³/mol. The molecule has 0 aliphatic heterocycles. The topological polar surface area (TPSA) is 128 Å². The van der Waals surface area contributed by atoms with E-state index >= 15 is 0 Å². The average Bonchev–Trinajstić information content (AvgIpc) is 2.35. The van der Waals surface area contributed by atoms with Crippen molar-refractivity contribution in [3.63, 3.8) is 0 Å². The van der Waals surface area contributed by atoms with Crippen molar-refractivity contribution < 1.29 is 10.3 Å². The molecule has 0 fully saturated rings. The van der Waals surface area contributed by atoms with Crippen LogP contribution in [0, 0.1) is 29.4 Å². The molecule has 1 aromatic heterocycles. The van der Waals surface area contributed by atoms with Gasteiger partial charge in [-0.05, 0) is 13.8 Å². The second-order valence-electron chi connectivity index (χ2n) is 2.34. The molecule has 0 radical (unpaired) electrons. The van der Waals surface area contributed by atoms with Crippen LogP contribution in [0.1, 0.15) is 11.4 Å². The second-order valence-corrected chi connectivity index (χ2v) is 2.34. The first-order valence-electron chi connectivity index (χ1n) is 3.59. The van der Waals surface area contributed by atoms with Crippen LogP contribution in [0.4, 0.5) is 5.69 Å². The third-order valence-corrected chi connectivity index (χ3v) is 1.34. The van der Waals surface area contributed by atoms with Gasteiger partial charge in [-0.2, -0.15) is 5.10 Å². The number of H-pyrrole nitrogens is 1. The Hall–Kier alpha value is -2.12. The van der Waals surface area contributed by atoms with Gasteiger partial charge in [-0.1, -0.05) is 0 Å². The van der Waals surface area contributed by atoms with Gasteiger partial charge in [0, 0.05) is 0 Å². The second kappa shape index (κ2) is 5.51. The van der Waals surface area contributed by atoms with Crippen molar-refractivity contribution in [1.29, 1.82) is 5.41 Å². The van der Waals surface area contributed by atoms with E-state index in [2.05, 4.69) is 15.5 Å². The van der Waals surface area contributed by atoms with Gasteiger partial charge in [-0.3, -0.25) is 10.5 Å². The summed E-state index contributed by atoms with van der Waals surface area (Å²) in [5, 5.41) is 30.0. The van der Waals surface area contributed by atoms with Gasteiger partial charge in [0.2, 0.25) is 0 Å². The summed E-state index contributed by atoms with van der Waals surface area (Å²) in [6.07, 6.45) is 1.14. The van der Waals surface area contributed by atoms with Crippen LogP contribution in [0.25, 0.3) is 0 Å². The highest BCUT2D eigenvalue weighted by atomic mass is 16.9. The van der Waals surface area contributed by atoms with Crippen molar-refractivity contribution in [2.75, 3.05) is 5.32 Å². The molecule has 8 nitrogen and oxygen atoms in total. The molecular formula is C6H11N5O3. The van der Waals surface area contributed by atoms with E-state index in [0.29, 0.717) is 0 Å². The van der Waals surface area contributed by atoms with Gasteiger partial charge < -0.3 is 10.5 Å². The highest BCUT2D eigenvalue weighted by molar-refractivity contribution is 5.75. The molecule has 4 N–H and O–H groups in total. The zero-order valence-corrected chi connectivity index (χ0v) is 7.74. The first kappa shape index (κ1) is 11.9. The van der Waals surface area contributed by atoms with Crippen LogP contribution < -0.4 is 5.32 Å². The van der Waals surface area contributed by atoms with Crippen molar-refractivity contribution in [1.82, 2.24) is 10.2 Å². The third-order valence-electron chi connectivity index (χ3n) is 1.34. The fourth-order valence-corrected chi connectivity index (χ4v) is 0.836. The molecule has 0 spiro atoms. The quantitative estimate of drug-likeness (QED) is 0.242. The Morgan fingerprint density at radius 3 is 2.50 bits per heavy atom. The maximum absolute atomic E-state index is 8.36. The van der Waals surface area contributed by atoms with E-state index < -0.39 is 5.09 Å². The number of hydrogen-bond acceptors (Lipinski definition) is 4. The summed E-state index contributed by atoms with van der Waals surface area (Å²) in [7, 11) is 0. The lowest BCUT2D eigenvalue weighted by molar-refractivity contribution is -0.742. The molecule has 8 heteroatoms. The van der Waals surface area contributed by atoms with Crippen LogP contribution >= 0.6 is 0 Å². The van der Waals surface area contributed by atoms with E-state index in [0.717, 1.165) is 23.4 Å². The Balaban J connectivity index is 0.000000364. The molecule has 14 heavy (non-hydrogen) atoms. The van der Waals surface area contributed by atoms with E-state index in [-0.39, 0.29) is 0 Å². The highest BCUT2D eigenvalue weighted by Crippen LogP contribution is 2.14. The van der Waals surface area contributed by atoms with Crippen molar-refractivity contribution in [2.45, 2.75) is 13.8 Å². The van der Waals surface area contributed by atoms with Crippen molar-refractivity contribution >= 4 is 12.0 Å². The lowest BCUT2D eigenvalue weighted by Crippen LogP contribution is -1.94. The summed E-state index contributed by atoms with van der Waals surface area (Å²) in [6.45, 7) is 3.79. The minimum absolute atomic E-state index is 0.890. The van der Waals surface area contributed by atoms with Gasteiger partial charge in [0.05, 0.1) is 23.4 Å². The minimum Gasteiger partial charge on any atom is -0.344 e. The van der Waals surface area contributed by atoms with E-state index in [1.807, 2.05) is 13.8 Å². The first-order valence-corrected chi connectivity index (χ1v) is 3.59. The summed E-state index contributed by atoms with van der Waals surface area (Å²) in [6, 6.07) is 0. The Labute approximate surface area is 79.6 Å². The molecule has 0 aromatic carbocycles. The number of nitrogens with one attached hydrogen (secondary N) is 3. The van der Waals surface area contributed by atoms with Crippen LogP contribution in [0.5, 0.6) is 0 Å². The Bertz CT molecular complexity index is 298. The van der Waals surface area contributed by atoms with Crippen molar-refractivity contribution in [3.05, 3.63) is 21.5 Å². The molecule has 0 amide bonds. The van der Waals surface area contributed by atoms with E-state index in [4.69, 9.17) is 20.7 Å². The molecule has 0 aliphatic rings. The number of nitrogens with zero attached hydrogens (tertiary/aromatic N) is 2. The summed E-state index contributed by atoms with van der Waals surface area (Å²) in [5.41, 5.74) is 2.75. The molecule has 1 heterocycles. The summed E-state index contributed by atoms with van der Waals surface area (Å²) in [5.74, 6) is 0. The molecule has 0 aliphatic carbocycles.